The highest BCUT2D eigenvalue weighted by atomic mass is 32.2. The summed E-state index contributed by atoms with van der Waals surface area (Å²) >= 11 is 2.70. The Morgan fingerprint density at radius 2 is 2.00 bits per heavy atom. The van der Waals surface area contributed by atoms with Gasteiger partial charge in [0.15, 0.2) is 5.16 Å². The molecule has 0 saturated carbocycles. The van der Waals surface area contributed by atoms with Crippen LogP contribution in [0, 0.1) is 17.1 Å². The summed E-state index contributed by atoms with van der Waals surface area (Å²) in [6, 6.07) is 8.19. The first-order valence-electron chi connectivity index (χ1n) is 10.9. The van der Waals surface area contributed by atoms with Crippen LogP contribution in [0.4, 0.5) is 15.1 Å². The number of aryl methyl sites for hydroxylation is 1. The van der Waals surface area contributed by atoms with Crippen LogP contribution >= 0.6 is 23.1 Å². The second-order valence-electron chi connectivity index (χ2n) is 7.71. The highest BCUT2D eigenvalue weighted by Gasteiger charge is 2.22. The predicted molar refractivity (Wildman–Crippen MR) is 129 cm³/mol. The number of fused-ring (bicyclic) bond motifs is 1. The minimum Gasteiger partial charge on any atom is -0.323 e. The number of hydrogen-bond acceptors (Lipinski definition) is 7. The second kappa shape index (κ2) is 10.8. The summed E-state index contributed by atoms with van der Waals surface area (Å²) in [6.07, 6.45) is 3.93. The van der Waals surface area contributed by atoms with Gasteiger partial charge in [-0.15, -0.1) is 21.5 Å². The molecule has 2 heterocycles. The summed E-state index contributed by atoms with van der Waals surface area (Å²) in [5.41, 5.74) is 1.76. The van der Waals surface area contributed by atoms with Crippen LogP contribution in [0.2, 0.25) is 0 Å². The number of halogens is 1. The molecule has 0 unspecified atom stereocenters. The molecule has 34 heavy (non-hydrogen) atoms. The third-order valence-electron chi connectivity index (χ3n) is 5.44. The fraction of sp³-hybridized carbons (Fsp3) is 0.348. The summed E-state index contributed by atoms with van der Waals surface area (Å²) in [5.74, 6) is -0.637. The first-order chi connectivity index (χ1) is 16.5. The molecule has 2 N–H and O–H groups in total. The van der Waals surface area contributed by atoms with Crippen molar-refractivity contribution in [2.45, 2.75) is 50.7 Å². The predicted octanol–water partition coefficient (Wildman–Crippen LogP) is 4.16. The first-order valence-corrected chi connectivity index (χ1v) is 12.7. The Kier molecular flexibility index (Phi) is 7.59. The molecule has 0 saturated heterocycles. The summed E-state index contributed by atoms with van der Waals surface area (Å²) in [7, 11) is 0. The van der Waals surface area contributed by atoms with E-state index in [4.69, 9.17) is 0 Å². The lowest BCUT2D eigenvalue weighted by Crippen LogP contribution is -2.18. The van der Waals surface area contributed by atoms with Gasteiger partial charge in [-0.3, -0.25) is 9.59 Å². The largest absolute Gasteiger partial charge is 0.323 e. The number of hydrogen-bond donors (Lipinski definition) is 2. The van der Waals surface area contributed by atoms with Gasteiger partial charge >= 0.3 is 0 Å². The number of nitrogens with zero attached hydrogens (tertiary/aromatic N) is 4. The van der Waals surface area contributed by atoms with Crippen LogP contribution in [0.5, 0.6) is 0 Å². The van der Waals surface area contributed by atoms with Crippen molar-refractivity contribution in [3.63, 3.8) is 0 Å². The summed E-state index contributed by atoms with van der Waals surface area (Å²) in [5, 5.41) is 24.3. The average Bonchev–Trinajstić information content (AvgIpc) is 3.38. The van der Waals surface area contributed by atoms with Gasteiger partial charge in [-0.25, -0.2) is 4.39 Å². The Bertz CT molecular complexity index is 1260. The lowest BCUT2D eigenvalue weighted by Gasteiger charge is -2.09. The van der Waals surface area contributed by atoms with Crippen molar-refractivity contribution in [3.8, 4) is 6.07 Å². The van der Waals surface area contributed by atoms with Gasteiger partial charge in [0.05, 0.1) is 23.4 Å². The van der Waals surface area contributed by atoms with Gasteiger partial charge in [-0.2, -0.15) is 5.26 Å². The Labute approximate surface area is 204 Å². The molecule has 4 rings (SSSR count). The van der Waals surface area contributed by atoms with Crippen molar-refractivity contribution < 1.29 is 14.0 Å². The molecule has 3 aromatic rings. The van der Waals surface area contributed by atoms with Gasteiger partial charge in [0.2, 0.25) is 11.8 Å². The molecule has 1 aromatic carbocycles. The number of carbonyl (C=O) groups excluding carboxylic acids is 2. The molecular formula is C23H23FN6O2S2. The lowest BCUT2D eigenvalue weighted by molar-refractivity contribution is -0.116. The summed E-state index contributed by atoms with van der Waals surface area (Å²) in [6.45, 7) is 2.40. The zero-order valence-electron chi connectivity index (χ0n) is 18.6. The number of thiophene rings is 1. The van der Waals surface area contributed by atoms with E-state index in [0.29, 0.717) is 28.1 Å². The van der Waals surface area contributed by atoms with E-state index < -0.39 is 11.7 Å². The van der Waals surface area contributed by atoms with Crippen LogP contribution in [0.1, 0.15) is 41.6 Å². The van der Waals surface area contributed by atoms with Crippen LogP contribution in [0.3, 0.4) is 0 Å². The van der Waals surface area contributed by atoms with Crippen LogP contribution < -0.4 is 10.6 Å². The standard InChI is InChI=1S/C23H23FN6O2S2/c1-2-30-19(11-20(31)26-17-9-5-4-8-16(17)24)28-29-23(30)33-13-21(32)27-22-15(12-25)14-7-3-6-10-18(14)34-22/h4-5,8-9H,2-3,6-7,10-11,13H2,1H3,(H,26,31)(H,27,32). The van der Waals surface area contributed by atoms with Crippen molar-refractivity contribution in [2.24, 2.45) is 0 Å². The quantitative estimate of drug-likeness (QED) is 0.451. The molecule has 0 fully saturated rings. The summed E-state index contributed by atoms with van der Waals surface area (Å²) in [4.78, 5) is 26.2. The Balaban J connectivity index is 1.37. The maximum atomic E-state index is 13.8. The fourth-order valence-corrected chi connectivity index (χ4v) is 5.92. The Hall–Kier alpha value is -3.23. The first kappa shape index (κ1) is 23.9. The number of aromatic nitrogens is 3. The Morgan fingerprint density at radius 1 is 1.21 bits per heavy atom. The van der Waals surface area contributed by atoms with Crippen molar-refractivity contribution >= 4 is 45.6 Å². The van der Waals surface area contributed by atoms with Crippen molar-refractivity contribution in [2.75, 3.05) is 16.4 Å². The van der Waals surface area contributed by atoms with E-state index in [1.54, 1.807) is 16.7 Å². The number of nitrogens with one attached hydrogen (secondary N) is 2. The van der Waals surface area contributed by atoms with Crippen LogP contribution in [-0.2, 0) is 35.4 Å². The van der Waals surface area contributed by atoms with E-state index in [1.807, 2.05) is 6.92 Å². The molecule has 0 atom stereocenters. The highest BCUT2D eigenvalue weighted by Crippen LogP contribution is 2.37. The molecule has 2 amide bonds. The van der Waals surface area contributed by atoms with Crippen molar-refractivity contribution in [1.29, 1.82) is 5.26 Å². The minimum atomic E-state index is -0.513. The molecule has 1 aliphatic rings. The number of amides is 2. The number of thioether (sulfide) groups is 1. The lowest BCUT2D eigenvalue weighted by atomic mass is 9.96. The fourth-order valence-electron chi connectivity index (χ4n) is 3.84. The minimum absolute atomic E-state index is 0.0752. The molecule has 0 aliphatic heterocycles. The van der Waals surface area contributed by atoms with Crippen LogP contribution in [-0.4, -0.2) is 32.3 Å². The zero-order valence-corrected chi connectivity index (χ0v) is 20.2. The van der Waals surface area contributed by atoms with E-state index in [-0.39, 0.29) is 23.8 Å². The number of para-hydroxylation sites is 1. The van der Waals surface area contributed by atoms with Crippen molar-refractivity contribution in [1.82, 2.24) is 14.8 Å². The molecule has 8 nitrogen and oxygen atoms in total. The van der Waals surface area contributed by atoms with Gasteiger partial charge in [0.25, 0.3) is 0 Å². The second-order valence-corrected chi connectivity index (χ2v) is 9.76. The van der Waals surface area contributed by atoms with Gasteiger partial charge in [-0.1, -0.05) is 23.9 Å². The number of rotatable bonds is 8. The molecular weight excluding hydrogens is 475 g/mol. The molecule has 11 heteroatoms. The van der Waals surface area contributed by atoms with Crippen LogP contribution in [0.15, 0.2) is 29.4 Å². The van der Waals surface area contributed by atoms with E-state index >= 15 is 0 Å². The molecule has 0 spiro atoms. The summed E-state index contributed by atoms with van der Waals surface area (Å²) < 4.78 is 15.5. The highest BCUT2D eigenvalue weighted by molar-refractivity contribution is 7.99. The molecule has 0 radical (unpaired) electrons. The van der Waals surface area contributed by atoms with Gasteiger partial charge in [0.1, 0.15) is 22.7 Å². The van der Waals surface area contributed by atoms with Gasteiger partial charge < -0.3 is 15.2 Å². The third kappa shape index (κ3) is 5.29. The monoisotopic (exact) mass is 498 g/mol. The van der Waals surface area contributed by atoms with E-state index in [0.717, 1.165) is 31.2 Å². The van der Waals surface area contributed by atoms with E-state index in [2.05, 4.69) is 26.9 Å². The third-order valence-corrected chi connectivity index (χ3v) is 7.62. The average molecular weight is 499 g/mol. The van der Waals surface area contributed by atoms with E-state index in [9.17, 15) is 19.2 Å². The molecule has 2 aromatic heterocycles. The van der Waals surface area contributed by atoms with Gasteiger partial charge in [0, 0.05) is 11.4 Å². The maximum absolute atomic E-state index is 13.8. The number of benzene rings is 1. The smallest absolute Gasteiger partial charge is 0.235 e. The molecule has 0 bridgehead atoms. The zero-order chi connectivity index (χ0) is 24.1. The SMILES string of the molecule is CCn1c(CC(=O)Nc2ccccc2F)nnc1SCC(=O)Nc1sc2c(c1C#N)CCCC2. The number of carbonyl (C=O) groups is 2. The molecule has 1 aliphatic carbocycles. The Morgan fingerprint density at radius 3 is 2.76 bits per heavy atom. The van der Waals surface area contributed by atoms with Crippen LogP contribution in [0.25, 0.3) is 0 Å². The van der Waals surface area contributed by atoms with Crippen molar-refractivity contribution in [3.05, 3.63) is 51.9 Å². The molecule has 176 valence electrons. The van der Waals surface area contributed by atoms with Gasteiger partial charge in [-0.05, 0) is 50.3 Å². The number of anilines is 2. The topological polar surface area (TPSA) is 113 Å². The van der Waals surface area contributed by atoms with E-state index in [1.165, 1.54) is 40.1 Å². The normalized spacial score (nSPS) is 12.6. The maximum Gasteiger partial charge on any atom is 0.235 e. The number of nitriles is 1.